The molecule has 4 unspecified atom stereocenters. The first-order chi connectivity index (χ1) is 28.5. The van der Waals surface area contributed by atoms with Gasteiger partial charge in [-0.2, -0.15) is 10.2 Å². The van der Waals surface area contributed by atoms with Crippen LogP contribution in [0, 0.1) is 0 Å². The fraction of sp³-hybridized carbons (Fsp3) is 0.444. The number of nitrogens with one attached hydrogen (secondary N) is 2. The number of piperidine rings is 2. The van der Waals surface area contributed by atoms with E-state index in [1.807, 2.05) is 23.6 Å². The number of aromatic nitrogens is 10. The maximum atomic E-state index is 13.1. The van der Waals surface area contributed by atoms with Crippen LogP contribution in [0.4, 0.5) is 29.2 Å². The summed E-state index contributed by atoms with van der Waals surface area (Å²) in [5.41, 5.74) is 2.05. The van der Waals surface area contributed by atoms with E-state index >= 15 is 0 Å². The molecule has 6 aromatic heterocycles. The van der Waals surface area contributed by atoms with Crippen LogP contribution in [-0.2, 0) is 20.0 Å². The molecule has 2 saturated heterocycles. The number of hydrogen-bond acceptors (Lipinski definition) is 14. The predicted octanol–water partition coefficient (Wildman–Crippen LogP) is 4.06. The molecule has 2 fully saturated rings. The lowest BCUT2D eigenvalue weighted by Crippen LogP contribution is -2.54. The molecule has 4 atom stereocenters. The van der Waals surface area contributed by atoms with Gasteiger partial charge in [-0.05, 0) is 63.8 Å². The second-order valence-electron chi connectivity index (χ2n) is 14.6. The van der Waals surface area contributed by atoms with Gasteiger partial charge in [-0.15, -0.1) is 0 Å². The SMILES string of the molecule is CC1C(NS(C)(=O)=O)CCCN1c1cc(-c2cnc3ccc(C(F)F)nn23)ncn1.CC1C(NS(C)(=O)=O)CCCN1c1cc(-c2cnc3ccc(C(F)F)nn23)ncn1. The van der Waals surface area contributed by atoms with Crippen molar-refractivity contribution >= 4 is 43.0 Å². The molecular weight excluding hydrogens is 833 g/mol. The van der Waals surface area contributed by atoms with Crippen LogP contribution in [0.5, 0.6) is 0 Å². The highest BCUT2D eigenvalue weighted by Gasteiger charge is 2.32. The van der Waals surface area contributed by atoms with Crippen molar-refractivity contribution in [2.75, 3.05) is 35.4 Å². The van der Waals surface area contributed by atoms with Crippen LogP contribution in [0.2, 0.25) is 0 Å². The fourth-order valence-corrected chi connectivity index (χ4v) is 9.17. The Kier molecular flexibility index (Phi) is 12.3. The largest absolute Gasteiger partial charge is 0.352 e. The maximum Gasteiger partial charge on any atom is 0.282 e. The first-order valence-electron chi connectivity index (χ1n) is 18.8. The van der Waals surface area contributed by atoms with Crippen molar-refractivity contribution in [1.29, 1.82) is 0 Å². The fourth-order valence-electron chi connectivity index (χ4n) is 7.44. The van der Waals surface area contributed by atoms with Gasteiger partial charge in [0, 0.05) is 49.4 Å². The molecule has 0 aromatic carbocycles. The minimum absolute atomic E-state index is 0.123. The Morgan fingerprint density at radius 2 is 1.02 bits per heavy atom. The normalized spacial score (nSPS) is 20.2. The number of alkyl halides is 4. The minimum atomic E-state index is -3.33. The number of halogens is 4. The van der Waals surface area contributed by atoms with Crippen LogP contribution >= 0.6 is 0 Å². The van der Waals surface area contributed by atoms with E-state index < -0.39 is 32.9 Å². The van der Waals surface area contributed by atoms with E-state index in [-0.39, 0.29) is 35.6 Å². The molecule has 0 spiro atoms. The molecule has 0 radical (unpaired) electrons. The minimum Gasteiger partial charge on any atom is -0.352 e. The first kappa shape index (κ1) is 42.7. The molecule has 60 heavy (non-hydrogen) atoms. The molecule has 0 amide bonds. The zero-order chi connectivity index (χ0) is 42.9. The molecule has 8 rings (SSSR count). The van der Waals surface area contributed by atoms with Gasteiger partial charge in [0.05, 0.1) is 36.3 Å². The van der Waals surface area contributed by atoms with Gasteiger partial charge in [-0.3, -0.25) is 0 Å². The quantitative estimate of drug-likeness (QED) is 0.186. The highest BCUT2D eigenvalue weighted by molar-refractivity contribution is 7.89. The molecule has 0 saturated carbocycles. The van der Waals surface area contributed by atoms with Crippen molar-refractivity contribution in [2.24, 2.45) is 0 Å². The van der Waals surface area contributed by atoms with E-state index in [1.165, 1.54) is 58.3 Å². The first-order valence-corrected chi connectivity index (χ1v) is 22.6. The Morgan fingerprint density at radius 1 is 0.617 bits per heavy atom. The average molecular weight is 875 g/mol. The summed E-state index contributed by atoms with van der Waals surface area (Å²) in [6, 6.07) is 8.20. The number of anilines is 2. The lowest BCUT2D eigenvalue weighted by molar-refractivity contribution is 0.144. The van der Waals surface area contributed by atoms with Crippen molar-refractivity contribution in [3.8, 4) is 22.8 Å². The number of rotatable bonds is 10. The summed E-state index contributed by atoms with van der Waals surface area (Å²) in [6.45, 7) is 5.30. The molecular formula is C36H42F4N14O4S2. The maximum absolute atomic E-state index is 13.1. The third kappa shape index (κ3) is 9.61. The van der Waals surface area contributed by atoms with Crippen LogP contribution in [0.15, 0.2) is 61.4 Å². The van der Waals surface area contributed by atoms with E-state index in [0.29, 0.717) is 58.8 Å². The Hall–Kier alpha value is -5.46. The zero-order valence-electron chi connectivity index (χ0n) is 32.8. The third-order valence-corrected chi connectivity index (χ3v) is 11.8. The second-order valence-corrected chi connectivity index (χ2v) is 18.2. The molecule has 0 aliphatic carbocycles. The molecule has 18 nitrogen and oxygen atoms in total. The van der Waals surface area contributed by atoms with E-state index in [9.17, 15) is 34.4 Å². The van der Waals surface area contributed by atoms with Gasteiger partial charge in [0.15, 0.2) is 11.3 Å². The number of fused-ring (bicyclic) bond motifs is 2. The van der Waals surface area contributed by atoms with Crippen LogP contribution in [0.3, 0.4) is 0 Å². The molecule has 8 heterocycles. The number of hydrogen-bond donors (Lipinski definition) is 2. The predicted molar refractivity (Wildman–Crippen MR) is 214 cm³/mol. The van der Waals surface area contributed by atoms with Crippen molar-refractivity contribution in [3.05, 3.63) is 72.8 Å². The van der Waals surface area contributed by atoms with E-state index in [0.717, 1.165) is 38.2 Å². The Labute approximate surface area is 342 Å². The molecule has 320 valence electrons. The van der Waals surface area contributed by atoms with Gasteiger partial charge < -0.3 is 9.80 Å². The van der Waals surface area contributed by atoms with Crippen LogP contribution in [0.25, 0.3) is 34.1 Å². The lowest BCUT2D eigenvalue weighted by Gasteiger charge is -2.40. The van der Waals surface area contributed by atoms with Crippen molar-refractivity contribution < 1.29 is 34.4 Å². The Morgan fingerprint density at radius 3 is 1.38 bits per heavy atom. The summed E-state index contributed by atoms with van der Waals surface area (Å²) in [5, 5.41) is 7.95. The van der Waals surface area contributed by atoms with Gasteiger partial charge in [0.2, 0.25) is 20.0 Å². The van der Waals surface area contributed by atoms with Crippen LogP contribution in [-0.4, -0.2) is 116 Å². The van der Waals surface area contributed by atoms with Gasteiger partial charge in [0.1, 0.15) is 47.1 Å². The monoisotopic (exact) mass is 874 g/mol. The molecule has 24 heteroatoms. The standard InChI is InChI=1S/2C18H21F2N7O2S/c2*1-11-12(25-30(2,28)29)4-3-7-26(11)17-8-14(22-10-23-17)15-9-21-16-6-5-13(18(19)20)24-27(15)16/h2*5-6,8-12,18,25H,3-4,7H2,1-2H3. The smallest absolute Gasteiger partial charge is 0.282 e. The van der Waals surface area contributed by atoms with Crippen molar-refractivity contribution in [3.63, 3.8) is 0 Å². The van der Waals surface area contributed by atoms with Gasteiger partial charge >= 0.3 is 0 Å². The molecule has 0 bridgehead atoms. The highest BCUT2D eigenvalue weighted by Crippen LogP contribution is 2.29. The van der Waals surface area contributed by atoms with E-state index in [1.54, 1.807) is 12.1 Å². The third-order valence-electron chi connectivity index (χ3n) is 10.3. The summed E-state index contributed by atoms with van der Waals surface area (Å²) < 4.78 is 107. The molecule has 2 aliphatic heterocycles. The van der Waals surface area contributed by atoms with Gasteiger partial charge in [0.25, 0.3) is 12.9 Å². The number of sulfonamides is 2. The van der Waals surface area contributed by atoms with Gasteiger partial charge in [-0.25, -0.2) is 82.8 Å². The number of nitrogens with zero attached hydrogens (tertiary/aromatic N) is 12. The van der Waals surface area contributed by atoms with Gasteiger partial charge in [-0.1, -0.05) is 0 Å². The zero-order valence-corrected chi connectivity index (χ0v) is 34.4. The van der Waals surface area contributed by atoms with E-state index in [2.05, 4.69) is 49.5 Å². The van der Waals surface area contributed by atoms with E-state index in [4.69, 9.17) is 0 Å². The van der Waals surface area contributed by atoms with Crippen LogP contribution in [0.1, 0.15) is 63.8 Å². The molecule has 6 aromatic rings. The van der Waals surface area contributed by atoms with Crippen molar-refractivity contribution in [2.45, 2.75) is 76.5 Å². The summed E-state index contributed by atoms with van der Waals surface area (Å²) in [6.07, 6.45) is 5.79. The summed E-state index contributed by atoms with van der Waals surface area (Å²) in [7, 11) is -6.66. The average Bonchev–Trinajstić information content (AvgIpc) is 3.83. The Bertz CT molecular complexity index is 2520. The molecule has 2 aliphatic rings. The Balaban J connectivity index is 0.000000181. The highest BCUT2D eigenvalue weighted by atomic mass is 32.2. The number of imidazole rings is 2. The van der Waals surface area contributed by atoms with Crippen LogP contribution < -0.4 is 19.2 Å². The topological polar surface area (TPSA) is 211 Å². The second kappa shape index (κ2) is 17.3. The summed E-state index contributed by atoms with van der Waals surface area (Å²) in [5.74, 6) is 1.24. The lowest BCUT2D eigenvalue weighted by atomic mass is 9.98. The summed E-state index contributed by atoms with van der Waals surface area (Å²) in [4.78, 5) is 29.7. The molecule has 2 N–H and O–H groups in total. The summed E-state index contributed by atoms with van der Waals surface area (Å²) >= 11 is 0. The van der Waals surface area contributed by atoms with Crippen molar-refractivity contribution in [1.82, 2.24) is 58.6 Å².